The summed E-state index contributed by atoms with van der Waals surface area (Å²) in [6.07, 6.45) is 1.33. The van der Waals surface area contributed by atoms with E-state index in [1.54, 1.807) is 0 Å². The van der Waals surface area contributed by atoms with Gasteiger partial charge in [-0.15, -0.1) is 0 Å². The predicted octanol–water partition coefficient (Wildman–Crippen LogP) is 3.50. The molecule has 3 heteroatoms. The zero-order valence-corrected chi connectivity index (χ0v) is 13.5. The second-order valence-corrected chi connectivity index (χ2v) is 6.92. The fourth-order valence-electron chi connectivity index (χ4n) is 2.86. The van der Waals surface area contributed by atoms with Crippen LogP contribution in [0.15, 0.2) is 16.5 Å². The first-order valence-electron chi connectivity index (χ1n) is 8.05. The summed E-state index contributed by atoms with van der Waals surface area (Å²) in [5.41, 5.74) is 0. The molecule has 1 fully saturated rings. The van der Waals surface area contributed by atoms with Crippen LogP contribution in [0.5, 0.6) is 0 Å². The quantitative estimate of drug-likeness (QED) is 0.827. The summed E-state index contributed by atoms with van der Waals surface area (Å²) in [6.45, 7) is 14.4. The van der Waals surface area contributed by atoms with E-state index in [1.807, 2.05) is 0 Å². The van der Waals surface area contributed by atoms with Gasteiger partial charge in [0.1, 0.15) is 11.5 Å². The second kappa shape index (κ2) is 7.28. The molecular formula is C17H30N2O. The normalized spacial score (nSPS) is 20.4. The maximum absolute atomic E-state index is 5.92. The maximum atomic E-state index is 5.92. The number of nitrogens with zero attached hydrogens (tertiary/aromatic N) is 1. The molecule has 0 radical (unpaired) electrons. The molecule has 0 aliphatic carbocycles. The van der Waals surface area contributed by atoms with Crippen molar-refractivity contribution in [2.45, 2.75) is 47.2 Å². The number of rotatable bonds is 7. The average Bonchev–Trinajstić information content (AvgIpc) is 2.99. The third kappa shape index (κ3) is 4.64. The van der Waals surface area contributed by atoms with Gasteiger partial charge in [-0.25, -0.2) is 0 Å². The molecule has 1 aliphatic heterocycles. The van der Waals surface area contributed by atoms with Crippen LogP contribution in [-0.2, 0) is 13.1 Å². The highest BCUT2D eigenvalue weighted by Gasteiger charge is 2.25. The first-order chi connectivity index (χ1) is 9.54. The molecule has 0 spiro atoms. The Kier molecular flexibility index (Phi) is 5.67. The first kappa shape index (κ1) is 15.6. The fourth-order valence-corrected chi connectivity index (χ4v) is 2.86. The van der Waals surface area contributed by atoms with Crippen molar-refractivity contribution >= 4 is 0 Å². The number of nitrogens with one attached hydrogen (secondary N) is 1. The van der Waals surface area contributed by atoms with Gasteiger partial charge in [0.15, 0.2) is 0 Å². The van der Waals surface area contributed by atoms with Crippen molar-refractivity contribution in [2.24, 2.45) is 17.8 Å². The van der Waals surface area contributed by atoms with Crippen molar-refractivity contribution in [3.05, 3.63) is 23.7 Å². The Balaban J connectivity index is 1.75. The van der Waals surface area contributed by atoms with E-state index in [-0.39, 0.29) is 0 Å². The van der Waals surface area contributed by atoms with Crippen LogP contribution in [0, 0.1) is 17.8 Å². The highest BCUT2D eigenvalue weighted by atomic mass is 16.3. The highest BCUT2D eigenvalue weighted by Crippen LogP contribution is 2.25. The smallest absolute Gasteiger partial charge is 0.118 e. The molecule has 3 nitrogen and oxygen atoms in total. The van der Waals surface area contributed by atoms with Gasteiger partial charge in [0.2, 0.25) is 0 Å². The van der Waals surface area contributed by atoms with E-state index in [2.05, 4.69) is 50.0 Å². The predicted molar refractivity (Wildman–Crippen MR) is 83.5 cm³/mol. The third-order valence-corrected chi connectivity index (χ3v) is 4.20. The molecule has 1 aromatic rings. The van der Waals surface area contributed by atoms with Gasteiger partial charge in [-0.2, -0.15) is 0 Å². The Labute approximate surface area is 123 Å². The average molecular weight is 278 g/mol. The van der Waals surface area contributed by atoms with Crippen LogP contribution < -0.4 is 5.32 Å². The maximum Gasteiger partial charge on any atom is 0.118 e. The molecule has 1 unspecified atom stereocenters. The van der Waals surface area contributed by atoms with Crippen LogP contribution >= 0.6 is 0 Å². The van der Waals surface area contributed by atoms with Gasteiger partial charge in [0.05, 0.1) is 13.1 Å². The van der Waals surface area contributed by atoms with Gasteiger partial charge in [0.25, 0.3) is 0 Å². The lowest BCUT2D eigenvalue weighted by atomic mass is 9.95. The molecule has 0 aromatic carbocycles. The Hall–Kier alpha value is -0.800. The molecular weight excluding hydrogens is 248 g/mol. The van der Waals surface area contributed by atoms with Gasteiger partial charge < -0.3 is 9.73 Å². The lowest BCUT2D eigenvalue weighted by molar-refractivity contribution is 0.269. The summed E-state index contributed by atoms with van der Waals surface area (Å²) in [7, 11) is 0. The molecule has 1 saturated heterocycles. The van der Waals surface area contributed by atoms with Crippen molar-refractivity contribution in [3.8, 4) is 0 Å². The lowest BCUT2D eigenvalue weighted by Crippen LogP contribution is -2.21. The molecule has 1 atom stereocenters. The van der Waals surface area contributed by atoms with E-state index in [9.17, 15) is 0 Å². The monoisotopic (exact) mass is 278 g/mol. The SMILES string of the molecule is CC(C)CNCc1ccc(CN2CCC(C(C)C)C2)o1. The number of likely N-dealkylation sites (tertiary alicyclic amines) is 1. The lowest BCUT2D eigenvalue weighted by Gasteiger charge is -2.16. The van der Waals surface area contributed by atoms with Gasteiger partial charge >= 0.3 is 0 Å². The molecule has 0 amide bonds. The minimum absolute atomic E-state index is 0.682. The molecule has 2 rings (SSSR count). The highest BCUT2D eigenvalue weighted by molar-refractivity contribution is 5.07. The Morgan fingerprint density at radius 2 is 2.00 bits per heavy atom. The van der Waals surface area contributed by atoms with Crippen molar-refractivity contribution in [1.29, 1.82) is 0 Å². The molecule has 1 aromatic heterocycles. The number of furan rings is 1. The third-order valence-electron chi connectivity index (χ3n) is 4.20. The summed E-state index contributed by atoms with van der Waals surface area (Å²) >= 11 is 0. The van der Waals surface area contributed by atoms with E-state index in [1.165, 1.54) is 19.5 Å². The van der Waals surface area contributed by atoms with Crippen molar-refractivity contribution < 1.29 is 4.42 Å². The molecule has 114 valence electrons. The largest absolute Gasteiger partial charge is 0.463 e. The van der Waals surface area contributed by atoms with Crippen LogP contribution in [0.3, 0.4) is 0 Å². The Morgan fingerprint density at radius 3 is 2.65 bits per heavy atom. The van der Waals surface area contributed by atoms with Crippen molar-refractivity contribution in [2.75, 3.05) is 19.6 Å². The van der Waals surface area contributed by atoms with Crippen LogP contribution in [0.1, 0.15) is 45.6 Å². The van der Waals surface area contributed by atoms with E-state index in [4.69, 9.17) is 4.42 Å². The van der Waals surface area contributed by atoms with Gasteiger partial charge in [0, 0.05) is 6.54 Å². The molecule has 1 aliphatic rings. The summed E-state index contributed by atoms with van der Waals surface area (Å²) in [6, 6.07) is 4.24. The van der Waals surface area contributed by atoms with Crippen LogP contribution in [-0.4, -0.2) is 24.5 Å². The Morgan fingerprint density at radius 1 is 1.25 bits per heavy atom. The van der Waals surface area contributed by atoms with Gasteiger partial charge in [-0.05, 0) is 49.4 Å². The van der Waals surface area contributed by atoms with Crippen LogP contribution in [0.25, 0.3) is 0 Å². The van der Waals surface area contributed by atoms with E-state index in [0.717, 1.165) is 43.0 Å². The summed E-state index contributed by atoms with van der Waals surface area (Å²) in [5, 5.41) is 3.42. The summed E-state index contributed by atoms with van der Waals surface area (Å²) in [4.78, 5) is 2.52. The van der Waals surface area contributed by atoms with E-state index < -0.39 is 0 Å². The topological polar surface area (TPSA) is 28.4 Å². The van der Waals surface area contributed by atoms with Gasteiger partial charge in [-0.1, -0.05) is 27.7 Å². The minimum Gasteiger partial charge on any atom is -0.463 e. The van der Waals surface area contributed by atoms with E-state index >= 15 is 0 Å². The zero-order chi connectivity index (χ0) is 14.5. The Bertz CT molecular complexity index is 397. The number of hydrogen-bond acceptors (Lipinski definition) is 3. The molecule has 20 heavy (non-hydrogen) atoms. The standard InChI is InChI=1S/C17H30N2O/c1-13(2)9-18-10-16-5-6-17(20-16)12-19-8-7-15(11-19)14(3)4/h5-6,13-15,18H,7-12H2,1-4H3. The van der Waals surface area contributed by atoms with Gasteiger partial charge in [-0.3, -0.25) is 4.90 Å². The first-order valence-corrected chi connectivity index (χ1v) is 8.05. The van der Waals surface area contributed by atoms with Crippen LogP contribution in [0.4, 0.5) is 0 Å². The van der Waals surface area contributed by atoms with Crippen molar-refractivity contribution in [3.63, 3.8) is 0 Å². The van der Waals surface area contributed by atoms with E-state index in [0.29, 0.717) is 5.92 Å². The molecule has 1 N–H and O–H groups in total. The van der Waals surface area contributed by atoms with Crippen LogP contribution in [0.2, 0.25) is 0 Å². The number of hydrogen-bond donors (Lipinski definition) is 1. The molecule has 0 saturated carbocycles. The van der Waals surface area contributed by atoms with Crippen molar-refractivity contribution in [1.82, 2.24) is 10.2 Å². The summed E-state index contributed by atoms with van der Waals surface area (Å²) < 4.78 is 5.92. The fraction of sp³-hybridized carbons (Fsp3) is 0.765. The zero-order valence-electron chi connectivity index (χ0n) is 13.5. The summed E-state index contributed by atoms with van der Waals surface area (Å²) in [5.74, 6) is 4.50. The molecule has 0 bridgehead atoms. The second-order valence-electron chi connectivity index (χ2n) is 6.92. The minimum atomic E-state index is 0.682. The molecule has 2 heterocycles.